The average molecular weight is 247 g/mol. The molecule has 1 fully saturated rings. The molecular formula is C10H17NO4S. The summed E-state index contributed by atoms with van der Waals surface area (Å²) in [5.41, 5.74) is -0.544. The second-order valence-electron chi connectivity index (χ2n) is 4.70. The Morgan fingerprint density at radius 3 is 2.62 bits per heavy atom. The zero-order valence-corrected chi connectivity index (χ0v) is 10.5. The molecule has 1 heterocycles. The Hall–Kier alpha value is -0.910. The maximum atomic E-state index is 11.8. The van der Waals surface area contributed by atoms with Crippen molar-refractivity contribution in [2.45, 2.75) is 38.8 Å². The van der Waals surface area contributed by atoms with Gasteiger partial charge in [-0.05, 0) is 20.8 Å². The summed E-state index contributed by atoms with van der Waals surface area (Å²) in [6.07, 6.45) is -0.449. The lowest BCUT2D eigenvalue weighted by Gasteiger charge is -2.27. The number of hydrogen-bond acceptors (Lipinski definition) is 4. The van der Waals surface area contributed by atoms with Crippen LogP contribution in [0.3, 0.4) is 0 Å². The number of carbonyl (C=O) groups is 2. The normalized spacial score (nSPS) is 20.9. The second-order valence-corrected chi connectivity index (χ2v) is 5.70. The van der Waals surface area contributed by atoms with Gasteiger partial charge in [0.1, 0.15) is 5.60 Å². The molecule has 0 spiro atoms. The molecule has 1 aliphatic rings. The van der Waals surface area contributed by atoms with E-state index >= 15 is 0 Å². The summed E-state index contributed by atoms with van der Waals surface area (Å²) in [4.78, 5) is 23.9. The summed E-state index contributed by atoms with van der Waals surface area (Å²) in [7, 11) is 0. The van der Waals surface area contributed by atoms with Crippen LogP contribution in [0.4, 0.5) is 4.79 Å². The number of carboxylic acid groups (broad SMARTS) is 1. The molecule has 0 aromatic rings. The Morgan fingerprint density at radius 1 is 1.50 bits per heavy atom. The zero-order valence-electron chi connectivity index (χ0n) is 9.73. The number of aliphatic carboxylic acids is 1. The van der Waals surface area contributed by atoms with Crippen molar-refractivity contribution in [1.82, 2.24) is 4.90 Å². The maximum Gasteiger partial charge on any atom is 0.411 e. The number of carboxylic acids is 1. The highest BCUT2D eigenvalue weighted by atomic mass is 32.2. The number of rotatable bonds is 2. The van der Waals surface area contributed by atoms with Crippen molar-refractivity contribution in [3.05, 3.63) is 0 Å². The number of carbonyl (C=O) groups excluding carboxylic acids is 1. The van der Waals surface area contributed by atoms with E-state index in [4.69, 9.17) is 9.84 Å². The first-order valence-electron chi connectivity index (χ1n) is 5.09. The minimum absolute atomic E-state index is 0.0216. The molecule has 1 aliphatic heterocycles. The highest BCUT2D eigenvalue weighted by Crippen LogP contribution is 2.25. The standard InChI is InChI=1S/C10H17NO4S/c1-10(2,3)15-9(14)11-6-16-5-7(11)4-8(12)13/h7H,4-6H2,1-3H3,(H,12,13)/t7-/m1/s1. The van der Waals surface area contributed by atoms with Crippen LogP contribution in [-0.2, 0) is 9.53 Å². The van der Waals surface area contributed by atoms with Crippen molar-refractivity contribution >= 4 is 23.8 Å². The number of hydrogen-bond donors (Lipinski definition) is 1. The van der Waals surface area contributed by atoms with E-state index < -0.39 is 17.7 Å². The quantitative estimate of drug-likeness (QED) is 0.805. The highest BCUT2D eigenvalue weighted by Gasteiger charge is 2.33. The van der Waals surface area contributed by atoms with Crippen LogP contribution in [0, 0.1) is 0 Å². The molecule has 16 heavy (non-hydrogen) atoms. The van der Waals surface area contributed by atoms with E-state index in [1.165, 1.54) is 4.90 Å². The van der Waals surface area contributed by atoms with Gasteiger partial charge in [-0.1, -0.05) is 0 Å². The number of thioether (sulfide) groups is 1. The molecule has 0 saturated carbocycles. The molecular weight excluding hydrogens is 230 g/mol. The van der Waals surface area contributed by atoms with Crippen molar-refractivity contribution < 1.29 is 19.4 Å². The Labute approximate surface area is 99.1 Å². The molecule has 92 valence electrons. The van der Waals surface area contributed by atoms with E-state index in [1.807, 2.05) is 0 Å². The van der Waals surface area contributed by atoms with Crippen LogP contribution in [0.25, 0.3) is 0 Å². The van der Waals surface area contributed by atoms with Gasteiger partial charge in [0.05, 0.1) is 18.3 Å². The molecule has 1 atom stereocenters. The molecule has 0 radical (unpaired) electrons. The molecule has 6 heteroatoms. The predicted molar refractivity (Wildman–Crippen MR) is 61.4 cm³/mol. The number of ether oxygens (including phenoxy) is 1. The Kier molecular flexibility index (Phi) is 4.07. The van der Waals surface area contributed by atoms with Crippen molar-refractivity contribution in [2.75, 3.05) is 11.6 Å². The molecule has 0 aromatic heterocycles. The van der Waals surface area contributed by atoms with Gasteiger partial charge in [-0.25, -0.2) is 4.79 Å². The van der Waals surface area contributed by atoms with E-state index in [1.54, 1.807) is 32.5 Å². The lowest BCUT2D eigenvalue weighted by molar-refractivity contribution is -0.137. The molecule has 0 aliphatic carbocycles. The van der Waals surface area contributed by atoms with Crippen LogP contribution in [-0.4, -0.2) is 45.3 Å². The van der Waals surface area contributed by atoms with Gasteiger partial charge in [0.15, 0.2) is 0 Å². The molecule has 0 unspecified atom stereocenters. The van der Waals surface area contributed by atoms with Crippen molar-refractivity contribution in [1.29, 1.82) is 0 Å². The monoisotopic (exact) mass is 247 g/mol. The van der Waals surface area contributed by atoms with Crippen LogP contribution in [0.5, 0.6) is 0 Å². The average Bonchev–Trinajstić information content (AvgIpc) is 2.47. The number of nitrogens with zero attached hydrogens (tertiary/aromatic N) is 1. The second kappa shape index (κ2) is 4.95. The first-order valence-corrected chi connectivity index (χ1v) is 6.24. The summed E-state index contributed by atoms with van der Waals surface area (Å²) >= 11 is 1.55. The third kappa shape index (κ3) is 3.92. The fraction of sp³-hybridized carbons (Fsp3) is 0.800. The van der Waals surface area contributed by atoms with Crippen molar-refractivity contribution in [3.63, 3.8) is 0 Å². The molecule has 1 N–H and O–H groups in total. The molecule has 1 rings (SSSR count). The maximum absolute atomic E-state index is 11.8. The van der Waals surface area contributed by atoms with Crippen molar-refractivity contribution in [3.8, 4) is 0 Å². The van der Waals surface area contributed by atoms with E-state index in [2.05, 4.69) is 0 Å². The molecule has 0 aromatic carbocycles. The van der Waals surface area contributed by atoms with Crippen LogP contribution in [0.15, 0.2) is 0 Å². The molecule has 5 nitrogen and oxygen atoms in total. The van der Waals surface area contributed by atoms with Gasteiger partial charge < -0.3 is 9.84 Å². The Bertz CT molecular complexity index is 287. The van der Waals surface area contributed by atoms with Gasteiger partial charge >= 0.3 is 12.1 Å². The summed E-state index contributed by atoms with van der Waals surface area (Å²) < 4.78 is 5.21. The smallest absolute Gasteiger partial charge is 0.411 e. The van der Waals surface area contributed by atoms with Gasteiger partial charge in [-0.15, -0.1) is 11.8 Å². The highest BCUT2D eigenvalue weighted by molar-refractivity contribution is 7.99. The van der Waals surface area contributed by atoms with E-state index in [0.29, 0.717) is 11.6 Å². The van der Waals surface area contributed by atoms with Crippen LogP contribution in [0.1, 0.15) is 27.2 Å². The van der Waals surface area contributed by atoms with E-state index in [0.717, 1.165) is 0 Å². The van der Waals surface area contributed by atoms with Gasteiger partial charge in [0, 0.05) is 5.75 Å². The molecule has 0 bridgehead atoms. The van der Waals surface area contributed by atoms with Crippen LogP contribution < -0.4 is 0 Å². The predicted octanol–water partition coefficient (Wildman–Crippen LogP) is 1.77. The minimum atomic E-state index is -0.888. The lowest BCUT2D eigenvalue weighted by Crippen LogP contribution is -2.41. The summed E-state index contributed by atoms with van der Waals surface area (Å²) in [6, 6.07) is -0.252. The van der Waals surface area contributed by atoms with E-state index in [9.17, 15) is 9.59 Å². The fourth-order valence-corrected chi connectivity index (χ4v) is 2.56. The van der Waals surface area contributed by atoms with Gasteiger partial charge in [0.2, 0.25) is 0 Å². The fourth-order valence-electron chi connectivity index (χ4n) is 1.38. The minimum Gasteiger partial charge on any atom is -0.481 e. The largest absolute Gasteiger partial charge is 0.481 e. The summed E-state index contributed by atoms with van der Waals surface area (Å²) in [5, 5.41) is 8.72. The van der Waals surface area contributed by atoms with Gasteiger partial charge in [-0.3, -0.25) is 9.69 Å². The van der Waals surface area contributed by atoms with E-state index in [-0.39, 0.29) is 12.5 Å². The summed E-state index contributed by atoms with van der Waals surface area (Å²) in [5.74, 6) is 0.277. The Balaban J connectivity index is 2.57. The first kappa shape index (κ1) is 13.2. The Morgan fingerprint density at radius 2 is 2.12 bits per heavy atom. The third-order valence-corrected chi connectivity index (χ3v) is 3.10. The summed E-state index contributed by atoms with van der Waals surface area (Å²) in [6.45, 7) is 5.38. The van der Waals surface area contributed by atoms with Crippen LogP contribution >= 0.6 is 11.8 Å². The van der Waals surface area contributed by atoms with Crippen LogP contribution in [0.2, 0.25) is 0 Å². The third-order valence-electron chi connectivity index (χ3n) is 2.02. The van der Waals surface area contributed by atoms with Gasteiger partial charge in [0.25, 0.3) is 0 Å². The molecule has 1 amide bonds. The SMILES string of the molecule is CC(C)(C)OC(=O)N1CSC[C@H]1CC(=O)O. The lowest BCUT2D eigenvalue weighted by atomic mass is 10.2. The molecule has 1 saturated heterocycles. The first-order chi connectivity index (χ1) is 7.29. The topological polar surface area (TPSA) is 66.8 Å². The zero-order chi connectivity index (χ0) is 12.3. The van der Waals surface area contributed by atoms with Crippen molar-refractivity contribution in [2.24, 2.45) is 0 Å². The van der Waals surface area contributed by atoms with Gasteiger partial charge in [-0.2, -0.15) is 0 Å². The number of amides is 1.